The Kier molecular flexibility index (Phi) is 3.78. The van der Waals surface area contributed by atoms with Crippen LogP contribution in [0.3, 0.4) is 0 Å². The molecule has 4 nitrogen and oxygen atoms in total. The summed E-state index contributed by atoms with van der Waals surface area (Å²) in [6, 6.07) is 8.10. The fourth-order valence-corrected chi connectivity index (χ4v) is 2.58. The zero-order valence-corrected chi connectivity index (χ0v) is 12.5. The predicted molar refractivity (Wildman–Crippen MR) is 79.5 cm³/mol. The van der Waals surface area contributed by atoms with Gasteiger partial charge >= 0.3 is 0 Å². The van der Waals surface area contributed by atoms with Gasteiger partial charge in [-0.25, -0.2) is 0 Å². The second kappa shape index (κ2) is 5.09. The summed E-state index contributed by atoms with van der Waals surface area (Å²) in [5.41, 5.74) is 11.8. The summed E-state index contributed by atoms with van der Waals surface area (Å²) in [5, 5.41) is 0. The van der Waals surface area contributed by atoms with Crippen molar-refractivity contribution in [1.82, 2.24) is 0 Å². The minimum atomic E-state index is -0.907. The Morgan fingerprint density at radius 2 is 1.90 bits per heavy atom. The lowest BCUT2D eigenvalue weighted by Crippen LogP contribution is -2.50. The first-order valence-corrected chi connectivity index (χ1v) is 7.07. The average molecular weight is 276 g/mol. The third-order valence-corrected chi connectivity index (χ3v) is 4.02. The normalized spacial score (nSPS) is 26.5. The largest absolute Gasteiger partial charge is 0.490 e. The molecule has 1 amide bonds. The fourth-order valence-electron chi connectivity index (χ4n) is 2.58. The molecular formula is C16H24N2O2. The Labute approximate surface area is 120 Å². The maximum Gasteiger partial charge on any atom is 0.237 e. The Bertz CT molecular complexity index is 490. The van der Waals surface area contributed by atoms with Crippen molar-refractivity contribution in [3.63, 3.8) is 0 Å². The van der Waals surface area contributed by atoms with Gasteiger partial charge < -0.3 is 16.2 Å². The van der Waals surface area contributed by atoms with E-state index in [1.165, 1.54) is 5.56 Å². The van der Waals surface area contributed by atoms with E-state index in [-0.39, 0.29) is 11.5 Å². The molecule has 2 unspecified atom stereocenters. The number of benzene rings is 1. The molecule has 2 atom stereocenters. The minimum Gasteiger partial charge on any atom is -0.490 e. The number of hydrogen-bond donors (Lipinski definition) is 2. The molecule has 0 aromatic heterocycles. The molecule has 0 aliphatic heterocycles. The summed E-state index contributed by atoms with van der Waals surface area (Å²) in [6.45, 7) is 6.53. The Balaban J connectivity index is 2.00. The summed E-state index contributed by atoms with van der Waals surface area (Å²) in [6.07, 6.45) is 1.81. The van der Waals surface area contributed by atoms with Crippen LogP contribution in [0.5, 0.6) is 5.75 Å². The lowest BCUT2D eigenvalue weighted by Gasteiger charge is -2.21. The second-order valence-electron chi connectivity index (χ2n) is 6.78. The van der Waals surface area contributed by atoms with Crippen LogP contribution in [-0.4, -0.2) is 17.6 Å². The van der Waals surface area contributed by atoms with Gasteiger partial charge in [0.2, 0.25) is 5.91 Å². The average Bonchev–Trinajstić information content (AvgIpc) is 2.72. The smallest absolute Gasteiger partial charge is 0.237 e. The zero-order chi connectivity index (χ0) is 15.0. The van der Waals surface area contributed by atoms with Crippen molar-refractivity contribution in [3.05, 3.63) is 29.8 Å². The van der Waals surface area contributed by atoms with Crippen LogP contribution in [-0.2, 0) is 10.2 Å². The zero-order valence-electron chi connectivity index (χ0n) is 12.5. The van der Waals surface area contributed by atoms with Crippen LogP contribution in [0, 0.1) is 0 Å². The lowest BCUT2D eigenvalue weighted by molar-refractivity contribution is -0.123. The van der Waals surface area contributed by atoms with Crippen LogP contribution >= 0.6 is 0 Å². The monoisotopic (exact) mass is 276 g/mol. The van der Waals surface area contributed by atoms with Gasteiger partial charge in [0, 0.05) is 6.42 Å². The summed E-state index contributed by atoms with van der Waals surface area (Å²) in [4.78, 5) is 11.3. The van der Waals surface area contributed by atoms with E-state index >= 15 is 0 Å². The predicted octanol–water partition coefficient (Wildman–Crippen LogP) is 2.10. The maximum absolute atomic E-state index is 11.3. The highest BCUT2D eigenvalue weighted by Gasteiger charge is 2.41. The summed E-state index contributed by atoms with van der Waals surface area (Å²) < 4.78 is 5.90. The van der Waals surface area contributed by atoms with Crippen molar-refractivity contribution in [2.24, 2.45) is 11.5 Å². The molecule has 0 bridgehead atoms. The standard InChI is InChI=1S/C16H24N2O2/c1-15(2,3)11-4-6-12(7-5-11)20-13-8-9-16(18,10-13)14(17)19/h4-7,13H,8-10,18H2,1-3H3,(H2,17,19). The van der Waals surface area contributed by atoms with Crippen LogP contribution in [0.4, 0.5) is 0 Å². The van der Waals surface area contributed by atoms with Crippen molar-refractivity contribution in [2.45, 2.75) is 57.1 Å². The van der Waals surface area contributed by atoms with Gasteiger partial charge in [-0.15, -0.1) is 0 Å². The number of primary amides is 1. The molecule has 0 spiro atoms. The van der Waals surface area contributed by atoms with Gasteiger partial charge in [0.15, 0.2) is 0 Å². The van der Waals surface area contributed by atoms with Crippen molar-refractivity contribution < 1.29 is 9.53 Å². The second-order valence-corrected chi connectivity index (χ2v) is 6.78. The number of ether oxygens (including phenoxy) is 1. The SMILES string of the molecule is CC(C)(C)c1ccc(OC2CCC(N)(C(N)=O)C2)cc1. The molecule has 2 rings (SSSR count). The van der Waals surface area contributed by atoms with Gasteiger partial charge in [-0.1, -0.05) is 32.9 Å². The first-order chi connectivity index (χ1) is 9.21. The van der Waals surface area contributed by atoms with E-state index in [2.05, 4.69) is 32.9 Å². The molecule has 110 valence electrons. The molecule has 4 heteroatoms. The number of nitrogens with two attached hydrogens (primary N) is 2. The highest BCUT2D eigenvalue weighted by Crippen LogP contribution is 2.31. The quantitative estimate of drug-likeness (QED) is 0.887. The number of amides is 1. The van der Waals surface area contributed by atoms with E-state index in [0.717, 1.165) is 12.2 Å². The van der Waals surface area contributed by atoms with E-state index in [1.807, 2.05) is 12.1 Å². The van der Waals surface area contributed by atoms with E-state index in [4.69, 9.17) is 16.2 Å². The van der Waals surface area contributed by atoms with Crippen LogP contribution < -0.4 is 16.2 Å². The first-order valence-electron chi connectivity index (χ1n) is 7.07. The number of hydrogen-bond acceptors (Lipinski definition) is 3. The topological polar surface area (TPSA) is 78.3 Å². The molecule has 1 aliphatic rings. The minimum absolute atomic E-state index is 0.0343. The lowest BCUT2D eigenvalue weighted by atomic mass is 9.87. The highest BCUT2D eigenvalue weighted by molar-refractivity contribution is 5.84. The van der Waals surface area contributed by atoms with Crippen molar-refractivity contribution in [2.75, 3.05) is 0 Å². The van der Waals surface area contributed by atoms with Crippen molar-refractivity contribution >= 4 is 5.91 Å². The Hall–Kier alpha value is -1.55. The summed E-state index contributed by atoms with van der Waals surface area (Å²) >= 11 is 0. The molecule has 1 fully saturated rings. The Morgan fingerprint density at radius 1 is 1.30 bits per heavy atom. The summed E-state index contributed by atoms with van der Waals surface area (Å²) in [5.74, 6) is 0.378. The van der Waals surface area contributed by atoms with Crippen molar-refractivity contribution in [3.8, 4) is 5.75 Å². The van der Waals surface area contributed by atoms with E-state index < -0.39 is 11.4 Å². The molecule has 1 aromatic carbocycles. The first kappa shape index (κ1) is 14.9. The van der Waals surface area contributed by atoms with Crippen LogP contribution in [0.1, 0.15) is 45.6 Å². The number of carbonyl (C=O) groups is 1. The molecule has 1 saturated carbocycles. The molecule has 0 heterocycles. The molecule has 20 heavy (non-hydrogen) atoms. The Morgan fingerprint density at radius 3 is 2.35 bits per heavy atom. The molecule has 4 N–H and O–H groups in total. The molecule has 0 saturated heterocycles. The highest BCUT2D eigenvalue weighted by atomic mass is 16.5. The van der Waals surface area contributed by atoms with Gasteiger partial charge in [0.1, 0.15) is 11.9 Å². The van der Waals surface area contributed by atoms with Crippen molar-refractivity contribution in [1.29, 1.82) is 0 Å². The molecule has 0 radical (unpaired) electrons. The summed E-state index contributed by atoms with van der Waals surface area (Å²) in [7, 11) is 0. The van der Waals surface area contributed by atoms with Gasteiger partial charge in [0.05, 0.1) is 5.54 Å². The van der Waals surface area contributed by atoms with Gasteiger partial charge in [0.25, 0.3) is 0 Å². The third kappa shape index (κ3) is 3.12. The number of carbonyl (C=O) groups excluding carboxylic acids is 1. The maximum atomic E-state index is 11.3. The molecular weight excluding hydrogens is 252 g/mol. The van der Waals surface area contributed by atoms with E-state index in [1.54, 1.807) is 0 Å². The van der Waals surface area contributed by atoms with Crippen LogP contribution in [0.2, 0.25) is 0 Å². The van der Waals surface area contributed by atoms with Gasteiger partial charge in [-0.05, 0) is 36.0 Å². The number of rotatable bonds is 3. The molecule has 1 aromatic rings. The van der Waals surface area contributed by atoms with Crippen LogP contribution in [0.25, 0.3) is 0 Å². The fraction of sp³-hybridized carbons (Fsp3) is 0.562. The third-order valence-electron chi connectivity index (χ3n) is 4.02. The van der Waals surface area contributed by atoms with Gasteiger partial charge in [-0.3, -0.25) is 4.79 Å². The van der Waals surface area contributed by atoms with Crippen LogP contribution in [0.15, 0.2) is 24.3 Å². The van der Waals surface area contributed by atoms with Gasteiger partial charge in [-0.2, -0.15) is 0 Å². The van der Waals surface area contributed by atoms with E-state index in [9.17, 15) is 4.79 Å². The molecule has 1 aliphatic carbocycles. The van der Waals surface area contributed by atoms with E-state index in [0.29, 0.717) is 12.8 Å².